The molecule has 1 N–H and O–H groups in total. The topological polar surface area (TPSA) is 69.0 Å². The molecule has 1 aromatic carbocycles. The number of aromatic nitrogens is 1. The molecule has 1 aliphatic heterocycles. The third-order valence-corrected chi connectivity index (χ3v) is 5.03. The summed E-state index contributed by atoms with van der Waals surface area (Å²) >= 11 is 0. The van der Waals surface area contributed by atoms with Crippen LogP contribution in [0.15, 0.2) is 30.5 Å². The minimum absolute atomic E-state index is 0. The molecule has 0 spiro atoms. The fourth-order valence-electron chi connectivity index (χ4n) is 3.90. The lowest BCUT2D eigenvalue weighted by atomic mass is 9.83. The van der Waals surface area contributed by atoms with Crippen LogP contribution in [0.2, 0.25) is 0 Å². The Hall–Kier alpha value is -2.45. The van der Waals surface area contributed by atoms with Gasteiger partial charge < -0.3 is 10.2 Å². The van der Waals surface area contributed by atoms with E-state index in [1.807, 2.05) is 12.1 Å². The molecule has 2 unspecified atom stereocenters. The molecule has 5 nitrogen and oxygen atoms in total. The lowest BCUT2D eigenvalue weighted by Crippen LogP contribution is -2.40. The number of pyridine rings is 1. The minimum atomic E-state index is 0. The van der Waals surface area contributed by atoms with Crippen LogP contribution in [-0.4, -0.2) is 42.5 Å². The van der Waals surface area contributed by atoms with E-state index in [4.69, 9.17) is 0 Å². The summed E-state index contributed by atoms with van der Waals surface area (Å²) in [6.45, 7) is 5.02. The number of fused-ring (bicyclic) bond motifs is 1. The van der Waals surface area contributed by atoms with E-state index in [0.29, 0.717) is 23.8 Å². The van der Waals surface area contributed by atoms with E-state index in [1.165, 1.54) is 5.56 Å². The molecular weight excluding hydrogens is 312 g/mol. The first-order valence-corrected chi connectivity index (χ1v) is 8.83. The smallest absolute Gasteiger partial charge is 0.221 e. The molecule has 0 aliphatic carbocycles. The van der Waals surface area contributed by atoms with Gasteiger partial charge in [0, 0.05) is 46.1 Å². The van der Waals surface area contributed by atoms with Crippen molar-refractivity contribution in [3.05, 3.63) is 41.6 Å². The molecule has 1 saturated heterocycles. The average Bonchev–Trinajstić information content (AvgIpc) is 2.64. The largest absolute Gasteiger partial charge is 0.359 e. The van der Waals surface area contributed by atoms with Gasteiger partial charge in [0.1, 0.15) is 6.07 Å². The second-order valence-electron chi connectivity index (χ2n) is 6.93. The van der Waals surface area contributed by atoms with Crippen LogP contribution < -0.4 is 5.32 Å². The van der Waals surface area contributed by atoms with E-state index in [-0.39, 0.29) is 7.33 Å². The van der Waals surface area contributed by atoms with E-state index in [2.05, 4.69) is 40.3 Å². The lowest BCUT2D eigenvalue weighted by Gasteiger charge is -2.37. The summed E-state index contributed by atoms with van der Waals surface area (Å²) in [5, 5.41) is 13.1. The molecule has 1 fully saturated rings. The van der Waals surface area contributed by atoms with Crippen molar-refractivity contribution in [1.29, 1.82) is 5.26 Å². The number of hydrogen-bond donors (Lipinski definition) is 1. The van der Waals surface area contributed by atoms with Gasteiger partial charge in [0.05, 0.1) is 11.1 Å². The van der Waals surface area contributed by atoms with E-state index in [0.717, 1.165) is 37.0 Å². The molecule has 1 aromatic heterocycles. The SMILES string of the molecule is CNC(=O)CCN1CC(C)CC(c2ccc(C#N)c3ncccc23)C1.[HH]. The molecule has 2 aromatic rings. The lowest BCUT2D eigenvalue weighted by molar-refractivity contribution is -0.121. The number of nitrogens with one attached hydrogen (secondary N) is 1. The molecule has 3 rings (SSSR count). The zero-order valence-corrected chi connectivity index (χ0v) is 14.8. The predicted molar refractivity (Wildman–Crippen MR) is 100 cm³/mol. The van der Waals surface area contributed by atoms with Gasteiger partial charge in [0.2, 0.25) is 5.91 Å². The van der Waals surface area contributed by atoms with E-state index >= 15 is 0 Å². The van der Waals surface area contributed by atoms with Gasteiger partial charge >= 0.3 is 0 Å². The number of nitriles is 1. The van der Waals surface area contributed by atoms with E-state index < -0.39 is 0 Å². The number of nitrogens with zero attached hydrogens (tertiary/aromatic N) is 3. The van der Waals surface area contributed by atoms with Crippen LogP contribution in [-0.2, 0) is 4.79 Å². The zero-order chi connectivity index (χ0) is 17.8. The summed E-state index contributed by atoms with van der Waals surface area (Å²) in [5.41, 5.74) is 2.68. The van der Waals surface area contributed by atoms with Crippen LogP contribution in [0.1, 0.15) is 38.2 Å². The molecule has 132 valence electrons. The average molecular weight is 338 g/mol. The second-order valence-corrected chi connectivity index (χ2v) is 6.93. The first-order valence-electron chi connectivity index (χ1n) is 8.83. The Balaban J connectivity index is 0.00000243. The number of likely N-dealkylation sites (tertiary alicyclic amines) is 1. The van der Waals surface area contributed by atoms with Crippen molar-refractivity contribution in [1.82, 2.24) is 15.2 Å². The number of amides is 1. The van der Waals surface area contributed by atoms with Gasteiger partial charge in [-0.2, -0.15) is 5.26 Å². The molecule has 0 saturated carbocycles. The third-order valence-electron chi connectivity index (χ3n) is 5.03. The quantitative estimate of drug-likeness (QED) is 0.930. The van der Waals surface area contributed by atoms with Crippen molar-refractivity contribution in [2.75, 3.05) is 26.7 Å². The zero-order valence-electron chi connectivity index (χ0n) is 14.8. The van der Waals surface area contributed by atoms with Crippen LogP contribution in [0.25, 0.3) is 10.9 Å². The maximum absolute atomic E-state index is 11.6. The summed E-state index contributed by atoms with van der Waals surface area (Å²) in [4.78, 5) is 18.4. The standard InChI is InChI=1S/C20H24N4O.H2/c1-14-10-16(13-24(12-14)9-7-19(25)22-2)17-6-5-15(11-21)20-18(17)4-3-8-23-20;/h3-6,8,14,16H,7,9-10,12-13H2,1-2H3,(H,22,25);1H. The van der Waals surface area contributed by atoms with Gasteiger partial charge in [-0.05, 0) is 36.0 Å². The summed E-state index contributed by atoms with van der Waals surface area (Å²) in [5.74, 6) is 1.06. The summed E-state index contributed by atoms with van der Waals surface area (Å²) in [7, 11) is 1.68. The first kappa shape index (κ1) is 17.4. The number of piperidine rings is 1. The Morgan fingerprint density at radius 1 is 1.44 bits per heavy atom. The van der Waals surface area contributed by atoms with Crippen LogP contribution >= 0.6 is 0 Å². The van der Waals surface area contributed by atoms with Gasteiger partial charge in [0.15, 0.2) is 0 Å². The Kier molecular flexibility index (Phi) is 5.30. The number of hydrogen-bond acceptors (Lipinski definition) is 4. The summed E-state index contributed by atoms with van der Waals surface area (Å²) in [6, 6.07) is 10.2. The normalized spacial score (nSPS) is 21.0. The molecule has 2 heterocycles. The third kappa shape index (κ3) is 3.80. The first-order chi connectivity index (χ1) is 12.1. The fourth-order valence-corrected chi connectivity index (χ4v) is 3.90. The second kappa shape index (κ2) is 7.62. The number of carbonyl (C=O) groups is 1. The molecule has 1 aliphatic rings. The molecule has 2 atom stereocenters. The van der Waals surface area contributed by atoms with Crippen molar-refractivity contribution in [2.45, 2.75) is 25.7 Å². The van der Waals surface area contributed by atoms with Crippen molar-refractivity contribution in [2.24, 2.45) is 5.92 Å². The Bertz CT molecular complexity index is 817. The van der Waals surface area contributed by atoms with Crippen LogP contribution in [0.3, 0.4) is 0 Å². The van der Waals surface area contributed by atoms with Gasteiger partial charge in [0.25, 0.3) is 0 Å². The highest BCUT2D eigenvalue weighted by molar-refractivity contribution is 5.87. The maximum Gasteiger partial charge on any atom is 0.221 e. The maximum atomic E-state index is 11.6. The van der Waals surface area contributed by atoms with Crippen molar-refractivity contribution in [3.63, 3.8) is 0 Å². The van der Waals surface area contributed by atoms with Gasteiger partial charge in [-0.25, -0.2) is 0 Å². The van der Waals surface area contributed by atoms with Gasteiger partial charge in [-0.15, -0.1) is 0 Å². The Labute approximate surface area is 150 Å². The van der Waals surface area contributed by atoms with E-state index in [1.54, 1.807) is 13.2 Å². The molecular formula is C20H26N4O. The Morgan fingerprint density at radius 3 is 3.04 bits per heavy atom. The summed E-state index contributed by atoms with van der Waals surface area (Å²) < 4.78 is 0. The van der Waals surface area contributed by atoms with Crippen molar-refractivity contribution >= 4 is 16.8 Å². The molecule has 25 heavy (non-hydrogen) atoms. The van der Waals surface area contributed by atoms with Crippen LogP contribution in [0.5, 0.6) is 0 Å². The molecule has 0 bridgehead atoms. The van der Waals surface area contributed by atoms with Crippen molar-refractivity contribution in [3.8, 4) is 6.07 Å². The fraction of sp³-hybridized carbons (Fsp3) is 0.450. The van der Waals surface area contributed by atoms with E-state index in [9.17, 15) is 10.1 Å². The molecule has 0 radical (unpaired) electrons. The molecule has 5 heteroatoms. The number of rotatable bonds is 4. The highest BCUT2D eigenvalue weighted by atomic mass is 16.1. The minimum Gasteiger partial charge on any atom is -0.359 e. The number of carbonyl (C=O) groups excluding carboxylic acids is 1. The van der Waals surface area contributed by atoms with Crippen molar-refractivity contribution < 1.29 is 6.22 Å². The summed E-state index contributed by atoms with van der Waals surface area (Å²) in [6.07, 6.45) is 3.39. The number of benzene rings is 1. The van der Waals surface area contributed by atoms with Gasteiger partial charge in [-0.1, -0.05) is 19.1 Å². The van der Waals surface area contributed by atoms with Gasteiger partial charge in [-0.3, -0.25) is 9.78 Å². The monoisotopic (exact) mass is 338 g/mol. The predicted octanol–water partition coefficient (Wildman–Crippen LogP) is 2.91. The highest BCUT2D eigenvalue weighted by Crippen LogP contribution is 2.34. The molecule has 1 amide bonds. The Morgan fingerprint density at radius 2 is 2.28 bits per heavy atom. The van der Waals surface area contributed by atoms with Crippen LogP contribution in [0.4, 0.5) is 0 Å². The highest BCUT2D eigenvalue weighted by Gasteiger charge is 2.27. The van der Waals surface area contributed by atoms with Crippen LogP contribution in [0, 0.1) is 17.2 Å².